The van der Waals surface area contributed by atoms with Gasteiger partial charge in [-0.2, -0.15) is 5.10 Å². The van der Waals surface area contributed by atoms with E-state index < -0.39 is 0 Å². The Morgan fingerprint density at radius 3 is 2.93 bits per heavy atom. The van der Waals surface area contributed by atoms with Gasteiger partial charge in [0.15, 0.2) is 10.9 Å². The van der Waals surface area contributed by atoms with E-state index in [4.69, 9.17) is 4.42 Å². The average Bonchev–Trinajstić information content (AvgIpc) is 3.30. The Labute approximate surface area is 163 Å². The minimum absolute atomic E-state index is 0.00856. The minimum Gasteiger partial charge on any atom is -0.455 e. The minimum atomic E-state index is 0.00856. The van der Waals surface area contributed by atoms with Crippen molar-refractivity contribution in [2.24, 2.45) is 16.7 Å². The molecule has 2 atom stereocenters. The lowest BCUT2D eigenvalue weighted by atomic mass is 9.48. The van der Waals surface area contributed by atoms with Crippen LogP contribution in [0, 0.1) is 16.7 Å². The van der Waals surface area contributed by atoms with Crippen LogP contribution in [0.25, 0.3) is 0 Å². The number of hydrogen-bond donors (Lipinski definition) is 1. The first-order valence-electron chi connectivity index (χ1n) is 9.30. The van der Waals surface area contributed by atoms with E-state index in [2.05, 4.69) is 48.0 Å². The number of aromatic amines is 1. The summed E-state index contributed by atoms with van der Waals surface area (Å²) in [5.74, 6) is 2.37. The number of H-pyrrole nitrogens is 1. The van der Waals surface area contributed by atoms with Gasteiger partial charge in [0.1, 0.15) is 12.1 Å². The van der Waals surface area contributed by atoms with Gasteiger partial charge in [-0.25, -0.2) is 4.98 Å². The molecule has 3 heterocycles. The summed E-state index contributed by atoms with van der Waals surface area (Å²) in [4.78, 5) is 21.4. The average molecular weight is 390 g/mol. The van der Waals surface area contributed by atoms with Crippen molar-refractivity contribution in [2.75, 3.05) is 33.7 Å². The van der Waals surface area contributed by atoms with Gasteiger partial charge in [-0.05, 0) is 44.0 Å². The summed E-state index contributed by atoms with van der Waals surface area (Å²) >= 11 is 1.50. The molecule has 2 fully saturated rings. The predicted molar refractivity (Wildman–Crippen MR) is 103 cm³/mol. The van der Waals surface area contributed by atoms with Crippen LogP contribution in [0.3, 0.4) is 0 Å². The first-order valence-corrected chi connectivity index (χ1v) is 10.3. The van der Waals surface area contributed by atoms with Gasteiger partial charge < -0.3 is 14.2 Å². The number of carbonyl (C=O) groups excluding carboxylic acids is 1. The van der Waals surface area contributed by atoms with Crippen LogP contribution >= 0.6 is 11.8 Å². The molecule has 0 bridgehead atoms. The summed E-state index contributed by atoms with van der Waals surface area (Å²) in [6, 6.07) is 3.67. The Kier molecular flexibility index (Phi) is 4.58. The number of hydrogen-bond acceptors (Lipinski definition) is 6. The van der Waals surface area contributed by atoms with E-state index in [1.54, 1.807) is 6.07 Å². The zero-order valence-electron chi connectivity index (χ0n) is 16.4. The van der Waals surface area contributed by atoms with Crippen LogP contribution in [0.2, 0.25) is 0 Å². The molecule has 27 heavy (non-hydrogen) atoms. The third-order valence-corrected chi connectivity index (χ3v) is 6.83. The van der Waals surface area contributed by atoms with E-state index in [0.717, 1.165) is 30.6 Å². The molecule has 0 spiro atoms. The van der Waals surface area contributed by atoms with Gasteiger partial charge in [-0.15, -0.1) is 0 Å². The standard InChI is InChI=1S/C19H27N5O2S/c1-18(2)9-19(10-23(3)4)11-24(7-15(18)19)16(25)14-6-5-13(26-14)8-27-17-20-12-21-22-17/h5-6,12,15H,7-11H2,1-4H3,(H,20,21,22)/t15-,19+/m1/s1. The molecule has 0 aromatic carbocycles. The molecular formula is C19H27N5O2S. The van der Waals surface area contributed by atoms with Crippen LogP contribution in [0.5, 0.6) is 0 Å². The Morgan fingerprint density at radius 1 is 1.44 bits per heavy atom. The molecule has 0 unspecified atom stereocenters. The molecule has 7 nitrogen and oxygen atoms in total. The summed E-state index contributed by atoms with van der Waals surface area (Å²) in [5.41, 5.74) is 0.521. The normalized spacial score (nSPS) is 26.3. The fourth-order valence-electron chi connectivity index (χ4n) is 5.25. The molecule has 2 aromatic rings. The third-order valence-electron chi connectivity index (χ3n) is 5.93. The maximum Gasteiger partial charge on any atom is 0.289 e. The van der Waals surface area contributed by atoms with Crippen molar-refractivity contribution in [2.45, 2.75) is 31.2 Å². The maximum absolute atomic E-state index is 13.0. The van der Waals surface area contributed by atoms with Gasteiger partial charge >= 0.3 is 0 Å². The molecule has 2 aliphatic rings. The first kappa shape index (κ1) is 18.6. The molecule has 8 heteroatoms. The van der Waals surface area contributed by atoms with Crippen molar-refractivity contribution < 1.29 is 9.21 Å². The molecule has 4 rings (SSSR count). The lowest BCUT2D eigenvalue weighted by Crippen LogP contribution is -2.57. The molecule has 2 aromatic heterocycles. The van der Waals surface area contributed by atoms with Crippen molar-refractivity contribution in [3.05, 3.63) is 30.0 Å². The maximum atomic E-state index is 13.0. The Hall–Kier alpha value is -1.80. The number of nitrogens with zero attached hydrogens (tertiary/aromatic N) is 4. The van der Waals surface area contributed by atoms with Crippen LogP contribution in [-0.2, 0) is 5.75 Å². The van der Waals surface area contributed by atoms with Crippen LogP contribution in [-0.4, -0.2) is 64.6 Å². The number of thioether (sulfide) groups is 1. The summed E-state index contributed by atoms with van der Waals surface area (Å²) in [6.45, 7) is 7.32. The van der Waals surface area contributed by atoms with Gasteiger partial charge in [0, 0.05) is 25.0 Å². The molecule has 0 radical (unpaired) electrons. The second kappa shape index (κ2) is 6.67. The number of rotatable bonds is 6. The van der Waals surface area contributed by atoms with Crippen molar-refractivity contribution >= 4 is 17.7 Å². The number of amides is 1. The molecule has 1 amide bonds. The molecule has 146 valence electrons. The number of furan rings is 1. The number of fused-ring (bicyclic) bond motifs is 1. The third kappa shape index (κ3) is 3.40. The van der Waals surface area contributed by atoms with Crippen LogP contribution in [0.4, 0.5) is 0 Å². The van der Waals surface area contributed by atoms with Crippen LogP contribution in [0.1, 0.15) is 36.6 Å². The van der Waals surface area contributed by atoms with E-state index >= 15 is 0 Å². The quantitative estimate of drug-likeness (QED) is 0.766. The van der Waals surface area contributed by atoms with E-state index in [-0.39, 0.29) is 11.3 Å². The SMILES string of the molecule is CN(C)C[C@@]12CN(C(=O)c3ccc(CSc4ncn[nH]4)o3)C[C@@H]1C(C)(C)C2. The second-order valence-corrected chi connectivity index (χ2v) is 9.81. The topological polar surface area (TPSA) is 78.3 Å². The van der Waals surface area contributed by atoms with Crippen LogP contribution < -0.4 is 0 Å². The number of nitrogens with one attached hydrogen (secondary N) is 1. The van der Waals surface area contributed by atoms with E-state index in [9.17, 15) is 4.79 Å². The highest BCUT2D eigenvalue weighted by Gasteiger charge is 2.63. The Balaban J connectivity index is 1.43. The van der Waals surface area contributed by atoms with Crippen molar-refractivity contribution in [1.29, 1.82) is 0 Å². The Bertz CT molecular complexity index is 812. The van der Waals surface area contributed by atoms with Crippen molar-refractivity contribution in [3.8, 4) is 0 Å². The van der Waals surface area contributed by atoms with Gasteiger partial charge in [0.05, 0.1) is 5.75 Å². The Morgan fingerprint density at radius 2 is 2.26 bits per heavy atom. The second-order valence-electron chi connectivity index (χ2n) is 8.85. The van der Waals surface area contributed by atoms with E-state index in [1.165, 1.54) is 24.5 Å². The zero-order chi connectivity index (χ0) is 19.2. The summed E-state index contributed by atoms with van der Waals surface area (Å²) in [5, 5.41) is 7.37. The van der Waals surface area contributed by atoms with Crippen molar-refractivity contribution in [3.63, 3.8) is 0 Å². The largest absolute Gasteiger partial charge is 0.455 e. The smallest absolute Gasteiger partial charge is 0.289 e. The highest BCUT2D eigenvalue weighted by atomic mass is 32.2. The lowest BCUT2D eigenvalue weighted by molar-refractivity contribution is -0.0789. The molecule has 1 saturated carbocycles. The number of likely N-dealkylation sites (tertiary alicyclic amines) is 1. The predicted octanol–water partition coefficient (Wildman–Crippen LogP) is 2.74. The van der Waals surface area contributed by atoms with Gasteiger partial charge in [-0.1, -0.05) is 25.6 Å². The number of carbonyl (C=O) groups is 1. The zero-order valence-corrected chi connectivity index (χ0v) is 17.2. The van der Waals surface area contributed by atoms with Gasteiger partial charge in [-0.3, -0.25) is 9.89 Å². The fraction of sp³-hybridized carbons (Fsp3) is 0.632. The summed E-state index contributed by atoms with van der Waals surface area (Å²) in [6.07, 6.45) is 2.65. The van der Waals surface area contributed by atoms with E-state index in [0.29, 0.717) is 22.8 Å². The lowest BCUT2D eigenvalue weighted by Gasteiger charge is -2.57. The number of aromatic nitrogens is 3. The molecule has 1 N–H and O–H groups in total. The fourth-order valence-corrected chi connectivity index (χ4v) is 5.93. The molecule has 1 aliphatic heterocycles. The van der Waals surface area contributed by atoms with E-state index in [1.807, 2.05) is 11.0 Å². The monoisotopic (exact) mass is 389 g/mol. The molecular weight excluding hydrogens is 362 g/mol. The summed E-state index contributed by atoms with van der Waals surface area (Å²) < 4.78 is 5.83. The van der Waals surface area contributed by atoms with Crippen molar-refractivity contribution in [1.82, 2.24) is 25.0 Å². The first-order chi connectivity index (χ1) is 12.8. The van der Waals surface area contributed by atoms with Gasteiger partial charge in [0.2, 0.25) is 0 Å². The van der Waals surface area contributed by atoms with Crippen LogP contribution in [0.15, 0.2) is 28.0 Å². The molecule has 1 aliphatic carbocycles. The molecule has 1 saturated heterocycles. The summed E-state index contributed by atoms with van der Waals surface area (Å²) in [7, 11) is 4.24. The highest BCUT2D eigenvalue weighted by molar-refractivity contribution is 7.98. The highest BCUT2D eigenvalue weighted by Crippen LogP contribution is 2.62. The van der Waals surface area contributed by atoms with Gasteiger partial charge in [0.25, 0.3) is 5.91 Å².